The van der Waals surface area contributed by atoms with E-state index in [0.717, 1.165) is 17.0 Å². The molecular formula is C18H21NO3. The highest BCUT2D eigenvalue weighted by Gasteiger charge is 2.13. The van der Waals surface area contributed by atoms with Crippen molar-refractivity contribution in [2.24, 2.45) is 0 Å². The number of hydrogen-bond donors (Lipinski definition) is 1. The predicted molar refractivity (Wildman–Crippen MR) is 87.6 cm³/mol. The van der Waals surface area contributed by atoms with Crippen molar-refractivity contribution in [3.63, 3.8) is 0 Å². The van der Waals surface area contributed by atoms with Crippen molar-refractivity contribution >= 4 is 11.6 Å². The van der Waals surface area contributed by atoms with Crippen LogP contribution in [0.4, 0.5) is 5.69 Å². The van der Waals surface area contributed by atoms with Crippen LogP contribution in [0.2, 0.25) is 0 Å². The first-order valence-corrected chi connectivity index (χ1v) is 7.30. The number of amides is 1. The van der Waals surface area contributed by atoms with Gasteiger partial charge in [-0.05, 0) is 43.3 Å². The molecule has 2 aromatic carbocycles. The van der Waals surface area contributed by atoms with E-state index in [1.807, 2.05) is 55.5 Å². The van der Waals surface area contributed by atoms with Crippen molar-refractivity contribution in [3.05, 3.63) is 59.7 Å². The summed E-state index contributed by atoms with van der Waals surface area (Å²) in [6.07, 6.45) is 0.605. The average Bonchev–Trinajstić information content (AvgIpc) is 2.55. The number of aliphatic hydroxyl groups excluding tert-OH is 1. The van der Waals surface area contributed by atoms with Crippen LogP contribution in [0.25, 0.3) is 0 Å². The van der Waals surface area contributed by atoms with Crippen LogP contribution in [0.3, 0.4) is 0 Å². The molecule has 1 N–H and O–H groups in total. The smallest absolute Gasteiger partial charge is 0.258 e. The van der Waals surface area contributed by atoms with E-state index < -0.39 is 0 Å². The zero-order chi connectivity index (χ0) is 15.9. The van der Waals surface area contributed by atoms with Crippen molar-refractivity contribution < 1.29 is 14.6 Å². The molecule has 0 unspecified atom stereocenters. The van der Waals surface area contributed by atoms with Gasteiger partial charge in [0.15, 0.2) is 0 Å². The highest BCUT2D eigenvalue weighted by atomic mass is 16.5. The van der Waals surface area contributed by atoms with Crippen LogP contribution in [0.1, 0.15) is 22.3 Å². The van der Waals surface area contributed by atoms with Gasteiger partial charge in [0.2, 0.25) is 0 Å². The third-order valence-electron chi connectivity index (χ3n) is 3.40. The van der Waals surface area contributed by atoms with Crippen molar-refractivity contribution in [3.8, 4) is 5.75 Å². The molecule has 0 aromatic heterocycles. The largest absolute Gasteiger partial charge is 0.494 e. The molecule has 0 aliphatic carbocycles. The molecule has 0 saturated carbocycles. The highest BCUT2D eigenvalue weighted by Crippen LogP contribution is 2.20. The van der Waals surface area contributed by atoms with Crippen molar-refractivity contribution in [1.29, 1.82) is 0 Å². The molecule has 0 atom stereocenters. The molecule has 0 heterocycles. The van der Waals surface area contributed by atoms with Crippen LogP contribution in [-0.2, 0) is 0 Å². The van der Waals surface area contributed by atoms with Crippen LogP contribution >= 0.6 is 0 Å². The third kappa shape index (κ3) is 4.09. The fraction of sp³-hybridized carbons (Fsp3) is 0.278. The molecule has 1 amide bonds. The van der Waals surface area contributed by atoms with Gasteiger partial charge in [0.1, 0.15) is 5.75 Å². The second-order valence-corrected chi connectivity index (χ2v) is 5.15. The summed E-state index contributed by atoms with van der Waals surface area (Å²) >= 11 is 0. The number of aliphatic hydroxyl groups is 1. The van der Waals surface area contributed by atoms with E-state index in [2.05, 4.69) is 0 Å². The second-order valence-electron chi connectivity index (χ2n) is 5.15. The molecule has 0 aliphatic heterocycles. The van der Waals surface area contributed by atoms with Gasteiger partial charge in [0, 0.05) is 31.3 Å². The van der Waals surface area contributed by atoms with Crippen molar-refractivity contribution in [2.45, 2.75) is 13.3 Å². The Bertz CT molecular complexity index is 605. The number of ether oxygens (including phenoxy) is 1. The van der Waals surface area contributed by atoms with Gasteiger partial charge in [-0.2, -0.15) is 0 Å². The van der Waals surface area contributed by atoms with Gasteiger partial charge >= 0.3 is 0 Å². The molecule has 2 rings (SSSR count). The number of hydrogen-bond acceptors (Lipinski definition) is 3. The van der Waals surface area contributed by atoms with Gasteiger partial charge in [-0.3, -0.25) is 4.79 Å². The first kappa shape index (κ1) is 16.0. The minimum Gasteiger partial charge on any atom is -0.494 e. The van der Waals surface area contributed by atoms with Crippen molar-refractivity contribution in [2.75, 3.05) is 25.2 Å². The lowest BCUT2D eigenvalue weighted by Gasteiger charge is -2.18. The lowest BCUT2D eigenvalue weighted by Crippen LogP contribution is -2.26. The first-order valence-electron chi connectivity index (χ1n) is 7.30. The summed E-state index contributed by atoms with van der Waals surface area (Å²) in [5.74, 6) is 0.683. The predicted octanol–water partition coefficient (Wildman–Crippen LogP) is 3.03. The van der Waals surface area contributed by atoms with Crippen LogP contribution in [0.15, 0.2) is 48.5 Å². The maximum atomic E-state index is 12.4. The monoisotopic (exact) mass is 299 g/mol. The number of aryl methyl sites for hydroxylation is 1. The van der Waals surface area contributed by atoms with Crippen LogP contribution in [-0.4, -0.2) is 31.3 Å². The molecule has 116 valence electrons. The normalized spacial score (nSPS) is 10.3. The minimum absolute atomic E-state index is 0.0473. The fourth-order valence-corrected chi connectivity index (χ4v) is 2.03. The Labute approximate surface area is 131 Å². The summed E-state index contributed by atoms with van der Waals surface area (Å²) in [6, 6.07) is 14.9. The molecule has 0 spiro atoms. The van der Waals surface area contributed by atoms with Gasteiger partial charge < -0.3 is 14.7 Å². The number of carbonyl (C=O) groups excluding carboxylic acids is 1. The number of benzene rings is 2. The van der Waals surface area contributed by atoms with Gasteiger partial charge in [-0.1, -0.05) is 17.7 Å². The molecule has 22 heavy (non-hydrogen) atoms. The van der Waals surface area contributed by atoms with Gasteiger partial charge in [-0.15, -0.1) is 0 Å². The van der Waals surface area contributed by atoms with Crippen molar-refractivity contribution in [1.82, 2.24) is 0 Å². The van der Waals surface area contributed by atoms with E-state index in [1.54, 1.807) is 11.9 Å². The Morgan fingerprint density at radius 2 is 1.73 bits per heavy atom. The Hall–Kier alpha value is -2.33. The van der Waals surface area contributed by atoms with Gasteiger partial charge in [-0.25, -0.2) is 0 Å². The number of anilines is 1. The first-order chi connectivity index (χ1) is 10.6. The molecule has 0 fully saturated rings. The summed E-state index contributed by atoms with van der Waals surface area (Å²) in [6.45, 7) is 2.59. The molecular weight excluding hydrogens is 278 g/mol. The average molecular weight is 299 g/mol. The molecule has 4 nitrogen and oxygen atoms in total. The fourth-order valence-electron chi connectivity index (χ4n) is 2.03. The van der Waals surface area contributed by atoms with E-state index >= 15 is 0 Å². The van der Waals surface area contributed by atoms with Crippen LogP contribution < -0.4 is 9.64 Å². The second kappa shape index (κ2) is 7.61. The number of rotatable bonds is 6. The summed E-state index contributed by atoms with van der Waals surface area (Å²) in [7, 11) is 1.75. The molecule has 0 radical (unpaired) electrons. The van der Waals surface area contributed by atoms with E-state index in [-0.39, 0.29) is 12.5 Å². The Morgan fingerprint density at radius 3 is 2.32 bits per heavy atom. The van der Waals surface area contributed by atoms with Gasteiger partial charge in [0.05, 0.1) is 6.61 Å². The Balaban J connectivity index is 2.04. The molecule has 0 saturated heterocycles. The summed E-state index contributed by atoms with van der Waals surface area (Å²) in [4.78, 5) is 14.0. The number of nitrogens with zero attached hydrogens (tertiary/aromatic N) is 1. The quantitative estimate of drug-likeness (QED) is 0.834. The zero-order valence-electron chi connectivity index (χ0n) is 13.0. The topological polar surface area (TPSA) is 49.8 Å². The van der Waals surface area contributed by atoms with Crippen LogP contribution in [0.5, 0.6) is 5.75 Å². The molecule has 0 bridgehead atoms. The third-order valence-corrected chi connectivity index (χ3v) is 3.40. The van der Waals surface area contributed by atoms with E-state index in [1.165, 1.54) is 0 Å². The van der Waals surface area contributed by atoms with E-state index in [9.17, 15) is 4.79 Å². The number of carbonyl (C=O) groups is 1. The van der Waals surface area contributed by atoms with E-state index in [4.69, 9.17) is 9.84 Å². The van der Waals surface area contributed by atoms with Gasteiger partial charge in [0.25, 0.3) is 5.91 Å². The summed E-state index contributed by atoms with van der Waals surface area (Å²) < 4.78 is 5.48. The van der Waals surface area contributed by atoms with Crippen LogP contribution in [0, 0.1) is 6.92 Å². The summed E-state index contributed by atoms with van der Waals surface area (Å²) in [5, 5.41) is 8.72. The van der Waals surface area contributed by atoms with E-state index in [0.29, 0.717) is 18.6 Å². The lowest BCUT2D eigenvalue weighted by atomic mass is 10.1. The zero-order valence-corrected chi connectivity index (χ0v) is 13.0. The SMILES string of the molecule is Cc1ccc(C(=O)N(C)c2ccc(OCCCO)cc2)cc1. The summed E-state index contributed by atoms with van der Waals surface area (Å²) in [5.41, 5.74) is 2.60. The minimum atomic E-state index is -0.0473. The maximum absolute atomic E-state index is 12.4. The molecule has 0 aliphatic rings. The molecule has 4 heteroatoms. The molecule has 2 aromatic rings. The Kier molecular flexibility index (Phi) is 5.55. The Morgan fingerprint density at radius 1 is 1.09 bits per heavy atom. The highest BCUT2D eigenvalue weighted by molar-refractivity contribution is 6.05. The maximum Gasteiger partial charge on any atom is 0.258 e. The standard InChI is InChI=1S/C18H21NO3/c1-14-4-6-15(7-5-14)18(21)19(2)16-8-10-17(11-9-16)22-13-3-12-20/h4-11,20H,3,12-13H2,1-2H3. The lowest BCUT2D eigenvalue weighted by molar-refractivity contribution is 0.0993.